The maximum Gasteiger partial charge on any atom is 0.255 e. The molecule has 0 radical (unpaired) electrons. The fraction of sp³-hybridized carbons (Fsp3) is 0.474. The van der Waals surface area contributed by atoms with Gasteiger partial charge in [0.15, 0.2) is 5.82 Å². The highest BCUT2D eigenvalue weighted by molar-refractivity contribution is 5.94. The van der Waals surface area contributed by atoms with Crippen LogP contribution in [0.25, 0.3) is 5.65 Å². The number of carbonyl (C=O) groups excluding carboxylic acids is 1. The topological polar surface area (TPSA) is 77.6 Å². The van der Waals surface area contributed by atoms with Gasteiger partial charge in [0.05, 0.1) is 12.1 Å². The van der Waals surface area contributed by atoms with E-state index in [2.05, 4.69) is 4.98 Å². The number of hydrogen-bond donors (Lipinski definition) is 0. The Bertz CT molecular complexity index is 946. The lowest BCUT2D eigenvalue weighted by molar-refractivity contribution is 0.0756. The first-order chi connectivity index (χ1) is 13.3. The summed E-state index contributed by atoms with van der Waals surface area (Å²) < 4.78 is 9.29. The Hall–Kier alpha value is -2.74. The maximum absolute atomic E-state index is 12.9. The number of hydrogen-bond acceptors (Lipinski definition) is 5. The Morgan fingerprint density at radius 1 is 1.15 bits per heavy atom. The second-order valence-corrected chi connectivity index (χ2v) is 7.15. The van der Waals surface area contributed by atoms with Crippen LogP contribution in [0.15, 0.2) is 30.7 Å². The Kier molecular flexibility index (Phi) is 4.12. The lowest BCUT2D eigenvalue weighted by Gasteiger charge is -2.20. The SMILES string of the molecule is O=C(c1ccc2nccn2c1)N1CCc2nc(C3CCOCC3)nn2CC1. The lowest BCUT2D eigenvalue weighted by atomic mass is 10.00. The number of rotatable bonds is 2. The van der Waals surface area contributed by atoms with E-state index in [1.807, 2.05) is 38.5 Å². The number of amides is 1. The molecule has 0 spiro atoms. The van der Waals surface area contributed by atoms with Gasteiger partial charge in [-0.2, -0.15) is 5.10 Å². The summed E-state index contributed by atoms with van der Waals surface area (Å²) in [6.07, 6.45) is 8.14. The van der Waals surface area contributed by atoms with Crippen molar-refractivity contribution in [2.45, 2.75) is 31.7 Å². The molecule has 0 bridgehead atoms. The van der Waals surface area contributed by atoms with E-state index in [4.69, 9.17) is 14.8 Å². The molecule has 1 saturated heterocycles. The Morgan fingerprint density at radius 3 is 2.93 bits per heavy atom. The molecule has 5 heterocycles. The molecule has 1 amide bonds. The molecule has 5 rings (SSSR count). The molecule has 1 fully saturated rings. The molecular formula is C19H22N6O2. The molecular weight excluding hydrogens is 344 g/mol. The molecule has 2 aliphatic rings. The van der Waals surface area contributed by atoms with E-state index in [1.54, 1.807) is 6.20 Å². The summed E-state index contributed by atoms with van der Waals surface area (Å²) in [6, 6.07) is 3.72. The van der Waals surface area contributed by atoms with Crippen LogP contribution in [0.5, 0.6) is 0 Å². The second kappa shape index (κ2) is 6.77. The van der Waals surface area contributed by atoms with Crippen molar-refractivity contribution in [2.24, 2.45) is 0 Å². The Balaban J connectivity index is 1.30. The number of nitrogens with zero attached hydrogens (tertiary/aromatic N) is 6. The number of carbonyl (C=O) groups is 1. The molecule has 0 N–H and O–H groups in total. The third-order valence-electron chi connectivity index (χ3n) is 5.46. The summed E-state index contributed by atoms with van der Waals surface area (Å²) in [7, 11) is 0. The molecule has 27 heavy (non-hydrogen) atoms. The highest BCUT2D eigenvalue weighted by atomic mass is 16.5. The number of ether oxygens (including phenoxy) is 1. The van der Waals surface area contributed by atoms with Crippen LogP contribution in [0.3, 0.4) is 0 Å². The van der Waals surface area contributed by atoms with Crippen molar-refractivity contribution >= 4 is 11.6 Å². The van der Waals surface area contributed by atoms with Crippen molar-refractivity contribution in [3.63, 3.8) is 0 Å². The summed E-state index contributed by atoms with van der Waals surface area (Å²) in [5.41, 5.74) is 1.52. The average molecular weight is 366 g/mol. The number of imidazole rings is 1. The highest BCUT2D eigenvalue weighted by Crippen LogP contribution is 2.25. The van der Waals surface area contributed by atoms with Gasteiger partial charge >= 0.3 is 0 Å². The zero-order valence-electron chi connectivity index (χ0n) is 15.1. The molecule has 140 valence electrons. The predicted octanol–water partition coefficient (Wildman–Crippen LogP) is 1.52. The van der Waals surface area contributed by atoms with E-state index >= 15 is 0 Å². The van der Waals surface area contributed by atoms with Gasteiger partial charge in [0.25, 0.3) is 5.91 Å². The molecule has 0 saturated carbocycles. The minimum Gasteiger partial charge on any atom is -0.381 e. The van der Waals surface area contributed by atoms with Crippen molar-refractivity contribution in [1.82, 2.24) is 29.0 Å². The number of pyridine rings is 1. The Labute approximate surface area is 156 Å². The third kappa shape index (κ3) is 3.10. The van der Waals surface area contributed by atoms with E-state index in [9.17, 15) is 4.79 Å². The molecule has 0 aliphatic carbocycles. The van der Waals surface area contributed by atoms with Crippen molar-refractivity contribution in [3.8, 4) is 0 Å². The van der Waals surface area contributed by atoms with Crippen molar-refractivity contribution < 1.29 is 9.53 Å². The van der Waals surface area contributed by atoms with Gasteiger partial charge in [-0.25, -0.2) is 14.6 Å². The molecule has 3 aromatic heterocycles. The number of fused-ring (bicyclic) bond motifs is 2. The van der Waals surface area contributed by atoms with E-state index in [1.165, 1.54) is 0 Å². The van der Waals surface area contributed by atoms with Crippen LogP contribution >= 0.6 is 0 Å². The normalized spacial score (nSPS) is 18.4. The molecule has 2 aliphatic heterocycles. The Morgan fingerprint density at radius 2 is 2.04 bits per heavy atom. The molecule has 8 nitrogen and oxygen atoms in total. The summed E-state index contributed by atoms with van der Waals surface area (Å²) in [5.74, 6) is 2.37. The zero-order valence-corrected chi connectivity index (χ0v) is 15.1. The van der Waals surface area contributed by atoms with E-state index in [0.29, 0.717) is 31.1 Å². The minimum atomic E-state index is 0.0426. The smallest absolute Gasteiger partial charge is 0.255 e. The van der Waals surface area contributed by atoms with Crippen molar-refractivity contribution in [2.75, 3.05) is 26.3 Å². The molecule has 0 atom stereocenters. The van der Waals surface area contributed by atoms with Crippen LogP contribution in [-0.2, 0) is 17.7 Å². The van der Waals surface area contributed by atoms with Crippen LogP contribution < -0.4 is 0 Å². The highest BCUT2D eigenvalue weighted by Gasteiger charge is 2.25. The molecule has 0 aromatic carbocycles. The van der Waals surface area contributed by atoms with E-state index in [0.717, 1.165) is 49.8 Å². The van der Waals surface area contributed by atoms with Gasteiger partial charge in [-0.05, 0) is 25.0 Å². The van der Waals surface area contributed by atoms with Gasteiger partial charge in [-0.1, -0.05) is 0 Å². The summed E-state index contributed by atoms with van der Waals surface area (Å²) in [4.78, 5) is 23.8. The van der Waals surface area contributed by atoms with Gasteiger partial charge in [0, 0.05) is 57.2 Å². The van der Waals surface area contributed by atoms with Gasteiger partial charge < -0.3 is 14.0 Å². The second-order valence-electron chi connectivity index (χ2n) is 7.15. The first-order valence-corrected chi connectivity index (χ1v) is 9.51. The summed E-state index contributed by atoms with van der Waals surface area (Å²) >= 11 is 0. The molecule has 0 unspecified atom stereocenters. The van der Waals surface area contributed by atoms with Crippen molar-refractivity contribution in [3.05, 3.63) is 47.9 Å². The third-order valence-corrected chi connectivity index (χ3v) is 5.46. The fourth-order valence-electron chi connectivity index (χ4n) is 3.88. The van der Waals surface area contributed by atoms with Gasteiger partial charge in [0.2, 0.25) is 0 Å². The first kappa shape index (κ1) is 16.4. The average Bonchev–Trinajstić information content (AvgIpc) is 3.30. The largest absolute Gasteiger partial charge is 0.381 e. The minimum absolute atomic E-state index is 0.0426. The van der Waals surface area contributed by atoms with Crippen LogP contribution in [0.4, 0.5) is 0 Å². The van der Waals surface area contributed by atoms with E-state index in [-0.39, 0.29) is 5.91 Å². The monoisotopic (exact) mass is 366 g/mol. The standard InChI is InChI=1S/C19H22N6O2/c26-19(15-1-2-16-20-6-8-24(16)13-15)23-7-3-17-21-18(22-25(17)10-9-23)14-4-11-27-12-5-14/h1-2,6,8,13-14H,3-5,7,9-12H2. The van der Waals surface area contributed by atoms with Gasteiger partial charge in [-0.15, -0.1) is 0 Å². The maximum atomic E-state index is 12.9. The van der Waals surface area contributed by atoms with Crippen molar-refractivity contribution in [1.29, 1.82) is 0 Å². The van der Waals surface area contributed by atoms with E-state index < -0.39 is 0 Å². The summed E-state index contributed by atoms with van der Waals surface area (Å²) in [5, 5.41) is 4.73. The summed E-state index contributed by atoms with van der Waals surface area (Å²) in [6.45, 7) is 3.57. The number of aromatic nitrogens is 5. The van der Waals surface area contributed by atoms with Gasteiger partial charge in [-0.3, -0.25) is 4.79 Å². The van der Waals surface area contributed by atoms with Crippen LogP contribution in [0, 0.1) is 0 Å². The van der Waals surface area contributed by atoms with Crippen LogP contribution in [0.1, 0.15) is 40.8 Å². The van der Waals surface area contributed by atoms with Gasteiger partial charge in [0.1, 0.15) is 11.5 Å². The fourth-order valence-corrected chi connectivity index (χ4v) is 3.88. The molecule has 8 heteroatoms. The lowest BCUT2D eigenvalue weighted by Crippen LogP contribution is -2.34. The van der Waals surface area contributed by atoms with Crippen LogP contribution in [-0.4, -0.2) is 61.3 Å². The quantitative estimate of drug-likeness (QED) is 0.687. The predicted molar refractivity (Wildman–Crippen MR) is 97.6 cm³/mol. The first-order valence-electron chi connectivity index (χ1n) is 9.51. The zero-order chi connectivity index (χ0) is 18.2. The van der Waals surface area contributed by atoms with Crippen LogP contribution in [0.2, 0.25) is 0 Å². The molecule has 3 aromatic rings.